The smallest absolute Gasteiger partial charge is 0.146 e. The summed E-state index contributed by atoms with van der Waals surface area (Å²) in [5.74, 6) is 0.571. The van der Waals surface area contributed by atoms with Gasteiger partial charge in [0.2, 0.25) is 0 Å². The molecular formula is C17H24ClFN2. The summed E-state index contributed by atoms with van der Waals surface area (Å²) in [6, 6.07) is 5.29. The van der Waals surface area contributed by atoms with E-state index in [1.807, 2.05) is 12.1 Å². The summed E-state index contributed by atoms with van der Waals surface area (Å²) in [7, 11) is 0. The van der Waals surface area contributed by atoms with E-state index in [1.54, 1.807) is 6.07 Å². The number of likely N-dealkylation sites (tertiary alicyclic amines) is 2. The predicted molar refractivity (Wildman–Crippen MR) is 85.1 cm³/mol. The fourth-order valence-electron chi connectivity index (χ4n) is 3.57. The summed E-state index contributed by atoms with van der Waals surface area (Å²) < 4.78 is 13.9. The Morgan fingerprint density at radius 2 is 1.76 bits per heavy atom. The average Bonchev–Trinajstić information content (AvgIpc) is 2.99. The highest BCUT2D eigenvalue weighted by atomic mass is 35.5. The van der Waals surface area contributed by atoms with Gasteiger partial charge in [0.1, 0.15) is 5.82 Å². The summed E-state index contributed by atoms with van der Waals surface area (Å²) in [5.41, 5.74) is 0.723. The maximum atomic E-state index is 13.9. The molecule has 0 radical (unpaired) electrons. The van der Waals surface area contributed by atoms with Crippen LogP contribution in [-0.4, -0.2) is 42.5 Å². The summed E-state index contributed by atoms with van der Waals surface area (Å²) >= 11 is 5.85. The number of halogens is 2. The number of nitrogens with zero attached hydrogens (tertiary/aromatic N) is 2. The lowest BCUT2D eigenvalue weighted by molar-refractivity contribution is 0.148. The highest BCUT2D eigenvalue weighted by Gasteiger charge is 2.23. The van der Waals surface area contributed by atoms with Crippen LogP contribution in [0.5, 0.6) is 0 Å². The monoisotopic (exact) mass is 310 g/mol. The lowest BCUT2D eigenvalue weighted by atomic mass is 9.96. The van der Waals surface area contributed by atoms with Crippen molar-refractivity contribution in [1.82, 2.24) is 9.80 Å². The van der Waals surface area contributed by atoms with Crippen molar-refractivity contribution in [3.63, 3.8) is 0 Å². The Hall–Kier alpha value is -0.640. The van der Waals surface area contributed by atoms with E-state index in [2.05, 4.69) is 9.80 Å². The molecule has 21 heavy (non-hydrogen) atoms. The molecule has 4 heteroatoms. The van der Waals surface area contributed by atoms with Crippen molar-refractivity contribution >= 4 is 11.6 Å². The second-order valence-electron chi connectivity index (χ2n) is 6.44. The molecule has 1 aromatic rings. The van der Waals surface area contributed by atoms with Crippen LogP contribution in [0, 0.1) is 11.7 Å². The van der Waals surface area contributed by atoms with Gasteiger partial charge in [0, 0.05) is 18.7 Å². The number of benzene rings is 1. The molecule has 2 aliphatic rings. The van der Waals surface area contributed by atoms with Crippen molar-refractivity contribution in [3.8, 4) is 0 Å². The van der Waals surface area contributed by atoms with Crippen LogP contribution in [0.15, 0.2) is 18.2 Å². The number of rotatable bonds is 4. The molecule has 3 rings (SSSR count). The van der Waals surface area contributed by atoms with E-state index < -0.39 is 0 Å². The molecule has 2 aliphatic heterocycles. The fraction of sp³-hybridized carbons (Fsp3) is 0.647. The van der Waals surface area contributed by atoms with Crippen LogP contribution in [0.2, 0.25) is 5.02 Å². The molecule has 0 aromatic heterocycles. The molecule has 2 saturated heterocycles. The second kappa shape index (κ2) is 7.08. The van der Waals surface area contributed by atoms with Crippen LogP contribution in [0.25, 0.3) is 0 Å². The molecule has 116 valence electrons. The molecule has 0 unspecified atom stereocenters. The van der Waals surface area contributed by atoms with Gasteiger partial charge in [-0.15, -0.1) is 0 Å². The summed E-state index contributed by atoms with van der Waals surface area (Å²) in [6.45, 7) is 6.67. The van der Waals surface area contributed by atoms with E-state index in [0.29, 0.717) is 6.54 Å². The third-order valence-electron chi connectivity index (χ3n) is 4.85. The van der Waals surface area contributed by atoms with Crippen LogP contribution in [-0.2, 0) is 6.54 Å². The molecule has 1 aromatic carbocycles. The molecule has 0 saturated carbocycles. The van der Waals surface area contributed by atoms with Gasteiger partial charge in [-0.05, 0) is 63.8 Å². The van der Waals surface area contributed by atoms with E-state index in [0.717, 1.165) is 24.6 Å². The van der Waals surface area contributed by atoms with Crippen molar-refractivity contribution in [2.45, 2.75) is 32.2 Å². The third-order valence-corrected chi connectivity index (χ3v) is 5.14. The minimum absolute atomic E-state index is 0.233. The third kappa shape index (κ3) is 3.97. The molecule has 0 atom stereocenters. The zero-order chi connectivity index (χ0) is 14.7. The minimum Gasteiger partial charge on any atom is -0.303 e. The number of hydrogen-bond acceptors (Lipinski definition) is 2. The highest BCUT2D eigenvalue weighted by Crippen LogP contribution is 2.24. The van der Waals surface area contributed by atoms with Crippen LogP contribution < -0.4 is 0 Å². The highest BCUT2D eigenvalue weighted by molar-refractivity contribution is 6.30. The van der Waals surface area contributed by atoms with Gasteiger partial charge in [-0.3, -0.25) is 4.90 Å². The molecule has 0 bridgehead atoms. The fourth-order valence-corrected chi connectivity index (χ4v) is 3.76. The SMILES string of the molecule is Fc1c(Cl)cccc1CN1CCC(CN2CCCC2)CC1. The first-order chi connectivity index (χ1) is 10.2. The maximum Gasteiger partial charge on any atom is 0.146 e. The second-order valence-corrected chi connectivity index (χ2v) is 6.85. The Labute approximate surface area is 131 Å². The van der Waals surface area contributed by atoms with Gasteiger partial charge in [-0.25, -0.2) is 4.39 Å². The van der Waals surface area contributed by atoms with Gasteiger partial charge >= 0.3 is 0 Å². The number of hydrogen-bond donors (Lipinski definition) is 0. The molecule has 2 fully saturated rings. The van der Waals surface area contributed by atoms with Crippen molar-refractivity contribution < 1.29 is 4.39 Å². The van der Waals surface area contributed by atoms with Crippen LogP contribution in [0.1, 0.15) is 31.2 Å². The van der Waals surface area contributed by atoms with Gasteiger partial charge in [0.25, 0.3) is 0 Å². The van der Waals surface area contributed by atoms with E-state index in [1.165, 1.54) is 45.3 Å². The zero-order valence-corrected chi connectivity index (χ0v) is 13.3. The van der Waals surface area contributed by atoms with Gasteiger partial charge in [0.05, 0.1) is 5.02 Å². The first-order valence-electron chi connectivity index (χ1n) is 8.10. The quantitative estimate of drug-likeness (QED) is 0.835. The zero-order valence-electron chi connectivity index (χ0n) is 12.5. The largest absolute Gasteiger partial charge is 0.303 e. The molecule has 0 N–H and O–H groups in total. The van der Waals surface area contributed by atoms with Crippen LogP contribution in [0.3, 0.4) is 0 Å². The molecule has 0 aliphatic carbocycles. The van der Waals surface area contributed by atoms with Gasteiger partial charge < -0.3 is 4.90 Å². The normalized spacial score (nSPS) is 22.0. The van der Waals surface area contributed by atoms with Gasteiger partial charge in [-0.1, -0.05) is 23.7 Å². The lowest BCUT2D eigenvalue weighted by Crippen LogP contribution is -2.37. The molecule has 0 amide bonds. The Morgan fingerprint density at radius 3 is 2.48 bits per heavy atom. The maximum absolute atomic E-state index is 13.9. The summed E-state index contributed by atoms with van der Waals surface area (Å²) in [4.78, 5) is 4.96. The van der Waals surface area contributed by atoms with E-state index in [4.69, 9.17) is 11.6 Å². The van der Waals surface area contributed by atoms with E-state index in [9.17, 15) is 4.39 Å². The van der Waals surface area contributed by atoms with Crippen LogP contribution in [0.4, 0.5) is 4.39 Å². The Morgan fingerprint density at radius 1 is 1.05 bits per heavy atom. The number of piperidine rings is 1. The van der Waals surface area contributed by atoms with Gasteiger partial charge in [-0.2, -0.15) is 0 Å². The van der Waals surface area contributed by atoms with E-state index in [-0.39, 0.29) is 10.8 Å². The topological polar surface area (TPSA) is 6.48 Å². The standard InChI is InChI=1S/C17H24ClFN2/c18-16-5-3-4-15(17(16)19)13-21-10-6-14(7-11-21)12-20-8-1-2-9-20/h3-5,14H,1-2,6-13H2. The Balaban J connectivity index is 1.48. The first-order valence-corrected chi connectivity index (χ1v) is 8.48. The summed E-state index contributed by atoms with van der Waals surface area (Å²) in [5, 5.41) is 0.233. The summed E-state index contributed by atoms with van der Waals surface area (Å²) in [6.07, 6.45) is 5.21. The first kappa shape index (κ1) is 15.3. The van der Waals surface area contributed by atoms with Crippen molar-refractivity contribution in [2.75, 3.05) is 32.7 Å². The van der Waals surface area contributed by atoms with Gasteiger partial charge in [0.15, 0.2) is 0 Å². The molecule has 2 nitrogen and oxygen atoms in total. The molecular weight excluding hydrogens is 287 g/mol. The van der Waals surface area contributed by atoms with Crippen molar-refractivity contribution in [2.24, 2.45) is 5.92 Å². The molecule has 2 heterocycles. The van der Waals surface area contributed by atoms with Crippen molar-refractivity contribution in [3.05, 3.63) is 34.6 Å². The average molecular weight is 311 g/mol. The predicted octanol–water partition coefficient (Wildman–Crippen LogP) is 3.79. The lowest BCUT2D eigenvalue weighted by Gasteiger charge is -2.34. The molecule has 0 spiro atoms. The van der Waals surface area contributed by atoms with E-state index >= 15 is 0 Å². The Bertz CT molecular complexity index is 466. The minimum atomic E-state index is -0.252. The van der Waals surface area contributed by atoms with Crippen LogP contribution >= 0.6 is 11.6 Å². The Kier molecular flexibility index (Phi) is 5.15. The van der Waals surface area contributed by atoms with Crippen molar-refractivity contribution in [1.29, 1.82) is 0 Å².